The van der Waals surface area contributed by atoms with E-state index in [4.69, 9.17) is 10.5 Å². The molecule has 1 saturated carbocycles. The first-order valence-electron chi connectivity index (χ1n) is 5.54. The molecule has 1 aliphatic carbocycles. The van der Waals surface area contributed by atoms with Gasteiger partial charge in [0.15, 0.2) is 0 Å². The fourth-order valence-electron chi connectivity index (χ4n) is 2.44. The zero-order chi connectivity index (χ0) is 12.0. The Kier molecular flexibility index (Phi) is 2.46. The molecule has 1 aliphatic rings. The second-order valence-electron chi connectivity index (χ2n) is 5.15. The molecule has 3 heteroatoms. The number of rotatable bonds is 3. The molecule has 88 valence electrons. The minimum absolute atomic E-state index is 0.125. The van der Waals surface area contributed by atoms with Crippen molar-refractivity contribution in [3.63, 3.8) is 0 Å². The van der Waals surface area contributed by atoms with E-state index in [0.717, 1.165) is 24.2 Å². The minimum Gasteiger partial charge on any atom is -0.496 e. The average Bonchev–Trinajstić information content (AvgIpc) is 2.97. The number of ether oxygens (including phenoxy) is 1. The van der Waals surface area contributed by atoms with Gasteiger partial charge in [0, 0.05) is 16.5 Å². The van der Waals surface area contributed by atoms with Crippen LogP contribution in [-0.4, -0.2) is 12.6 Å². The van der Waals surface area contributed by atoms with Crippen molar-refractivity contribution in [3.05, 3.63) is 29.6 Å². The van der Waals surface area contributed by atoms with E-state index < -0.39 is 0 Å². The number of halogens is 1. The van der Waals surface area contributed by atoms with E-state index in [1.165, 1.54) is 6.07 Å². The number of hydrogen-bond acceptors (Lipinski definition) is 2. The standard InChI is InChI=1S/C13H18FNO/c1-12(2,15)13(6-7-13)10-8-9(14)4-5-11(10)16-3/h4-5,8H,6-7,15H2,1-3H3. The van der Waals surface area contributed by atoms with E-state index >= 15 is 0 Å². The zero-order valence-electron chi connectivity index (χ0n) is 10.0. The molecule has 0 aliphatic heterocycles. The molecule has 1 aromatic rings. The summed E-state index contributed by atoms with van der Waals surface area (Å²) in [5, 5.41) is 0. The highest BCUT2D eigenvalue weighted by Crippen LogP contribution is 2.57. The SMILES string of the molecule is COc1ccc(F)cc1C1(C(C)(C)N)CC1. The molecule has 2 nitrogen and oxygen atoms in total. The summed E-state index contributed by atoms with van der Waals surface area (Å²) >= 11 is 0. The van der Waals surface area contributed by atoms with Crippen molar-refractivity contribution in [2.45, 2.75) is 37.6 Å². The predicted octanol–water partition coefficient (Wildman–Crippen LogP) is 2.60. The van der Waals surface area contributed by atoms with Gasteiger partial charge in [-0.3, -0.25) is 0 Å². The minimum atomic E-state index is -0.353. The molecule has 2 rings (SSSR count). The molecule has 1 aromatic carbocycles. The van der Waals surface area contributed by atoms with E-state index in [2.05, 4.69) is 0 Å². The van der Waals surface area contributed by atoms with Gasteiger partial charge in [0.2, 0.25) is 0 Å². The van der Waals surface area contributed by atoms with Crippen molar-refractivity contribution in [2.75, 3.05) is 7.11 Å². The first kappa shape index (κ1) is 11.4. The fourth-order valence-corrected chi connectivity index (χ4v) is 2.44. The number of hydrogen-bond donors (Lipinski definition) is 1. The van der Waals surface area contributed by atoms with Crippen LogP contribution in [0.3, 0.4) is 0 Å². The topological polar surface area (TPSA) is 35.2 Å². The molecule has 0 heterocycles. The molecular weight excluding hydrogens is 205 g/mol. The maximum atomic E-state index is 13.3. The largest absolute Gasteiger partial charge is 0.496 e. The maximum absolute atomic E-state index is 13.3. The Morgan fingerprint density at radius 3 is 2.44 bits per heavy atom. The van der Waals surface area contributed by atoms with Crippen molar-refractivity contribution >= 4 is 0 Å². The summed E-state index contributed by atoms with van der Waals surface area (Å²) in [6, 6.07) is 4.65. The van der Waals surface area contributed by atoms with Gasteiger partial charge < -0.3 is 10.5 Å². The van der Waals surface area contributed by atoms with Gasteiger partial charge in [-0.25, -0.2) is 4.39 Å². The quantitative estimate of drug-likeness (QED) is 0.854. The summed E-state index contributed by atoms with van der Waals surface area (Å²) in [6.07, 6.45) is 1.99. The number of methoxy groups -OCH3 is 1. The van der Waals surface area contributed by atoms with Gasteiger partial charge >= 0.3 is 0 Å². The van der Waals surface area contributed by atoms with Crippen LogP contribution >= 0.6 is 0 Å². The van der Waals surface area contributed by atoms with E-state index in [-0.39, 0.29) is 16.8 Å². The van der Waals surface area contributed by atoms with Crippen molar-refractivity contribution in [2.24, 2.45) is 5.73 Å². The Balaban J connectivity index is 2.51. The normalized spacial score (nSPS) is 18.3. The molecule has 16 heavy (non-hydrogen) atoms. The first-order valence-corrected chi connectivity index (χ1v) is 5.54. The number of benzene rings is 1. The van der Waals surface area contributed by atoms with Gasteiger partial charge in [-0.15, -0.1) is 0 Å². The highest BCUT2D eigenvalue weighted by molar-refractivity contribution is 5.46. The lowest BCUT2D eigenvalue weighted by atomic mass is 9.79. The van der Waals surface area contributed by atoms with Crippen LogP contribution in [0.1, 0.15) is 32.3 Å². The van der Waals surface area contributed by atoms with Crippen LogP contribution in [0.4, 0.5) is 4.39 Å². The Morgan fingerprint density at radius 1 is 1.38 bits per heavy atom. The predicted molar refractivity (Wildman–Crippen MR) is 62.1 cm³/mol. The third kappa shape index (κ3) is 1.59. The molecule has 1 fully saturated rings. The lowest BCUT2D eigenvalue weighted by molar-refractivity contribution is 0.358. The number of nitrogens with two attached hydrogens (primary N) is 1. The highest BCUT2D eigenvalue weighted by atomic mass is 19.1. The monoisotopic (exact) mass is 223 g/mol. The van der Waals surface area contributed by atoms with E-state index in [9.17, 15) is 4.39 Å². The van der Waals surface area contributed by atoms with Crippen LogP contribution in [0, 0.1) is 5.82 Å². The van der Waals surface area contributed by atoms with Gasteiger partial charge in [-0.1, -0.05) is 0 Å². The van der Waals surface area contributed by atoms with Crippen molar-refractivity contribution in [3.8, 4) is 5.75 Å². The van der Waals surface area contributed by atoms with Crippen LogP contribution < -0.4 is 10.5 Å². The van der Waals surface area contributed by atoms with Crippen LogP contribution in [0.5, 0.6) is 5.75 Å². The van der Waals surface area contributed by atoms with Crippen LogP contribution in [0.15, 0.2) is 18.2 Å². The molecule has 2 N–H and O–H groups in total. The Bertz CT molecular complexity index is 405. The van der Waals surface area contributed by atoms with Crippen molar-refractivity contribution in [1.82, 2.24) is 0 Å². The molecule has 0 saturated heterocycles. The summed E-state index contributed by atoms with van der Waals surface area (Å²) in [6.45, 7) is 3.98. The second-order valence-corrected chi connectivity index (χ2v) is 5.15. The molecular formula is C13H18FNO. The van der Waals surface area contributed by atoms with Gasteiger partial charge in [0.25, 0.3) is 0 Å². The van der Waals surface area contributed by atoms with Gasteiger partial charge in [-0.05, 0) is 44.9 Å². The summed E-state index contributed by atoms with van der Waals surface area (Å²) in [5.41, 5.74) is 6.63. The van der Waals surface area contributed by atoms with Crippen LogP contribution in [-0.2, 0) is 5.41 Å². The second kappa shape index (κ2) is 3.45. The van der Waals surface area contributed by atoms with Gasteiger partial charge in [0.1, 0.15) is 11.6 Å². The molecule has 0 spiro atoms. The maximum Gasteiger partial charge on any atom is 0.123 e. The van der Waals surface area contributed by atoms with Crippen LogP contribution in [0.2, 0.25) is 0 Å². The summed E-state index contributed by atoms with van der Waals surface area (Å²) in [4.78, 5) is 0. The summed E-state index contributed by atoms with van der Waals surface area (Å²) in [7, 11) is 1.61. The molecule has 0 radical (unpaired) electrons. The van der Waals surface area contributed by atoms with E-state index in [0.29, 0.717) is 0 Å². The fraction of sp³-hybridized carbons (Fsp3) is 0.538. The van der Waals surface area contributed by atoms with Crippen molar-refractivity contribution < 1.29 is 9.13 Å². The molecule has 0 atom stereocenters. The van der Waals surface area contributed by atoms with E-state index in [1.54, 1.807) is 19.2 Å². The summed E-state index contributed by atoms with van der Waals surface area (Å²) < 4.78 is 18.6. The Labute approximate surface area is 95.6 Å². The Hall–Kier alpha value is -1.09. The lowest BCUT2D eigenvalue weighted by Crippen LogP contribution is -2.45. The Morgan fingerprint density at radius 2 is 2.00 bits per heavy atom. The van der Waals surface area contributed by atoms with Gasteiger partial charge in [-0.2, -0.15) is 0 Å². The first-order chi connectivity index (χ1) is 7.40. The lowest BCUT2D eigenvalue weighted by Gasteiger charge is -2.32. The third-order valence-corrected chi connectivity index (χ3v) is 3.66. The summed E-state index contributed by atoms with van der Waals surface area (Å²) in [5.74, 6) is 0.503. The third-order valence-electron chi connectivity index (χ3n) is 3.66. The highest BCUT2D eigenvalue weighted by Gasteiger charge is 2.55. The van der Waals surface area contributed by atoms with Crippen LogP contribution in [0.25, 0.3) is 0 Å². The van der Waals surface area contributed by atoms with Gasteiger partial charge in [0.05, 0.1) is 7.11 Å². The molecule has 0 aromatic heterocycles. The average molecular weight is 223 g/mol. The zero-order valence-corrected chi connectivity index (χ0v) is 10.0. The van der Waals surface area contributed by atoms with Crippen molar-refractivity contribution in [1.29, 1.82) is 0 Å². The molecule has 0 unspecified atom stereocenters. The smallest absolute Gasteiger partial charge is 0.123 e. The molecule has 0 amide bonds. The van der Waals surface area contributed by atoms with E-state index in [1.807, 2.05) is 13.8 Å². The molecule has 0 bridgehead atoms.